The van der Waals surface area contributed by atoms with E-state index in [1.165, 1.54) is 18.2 Å². The number of ether oxygens (including phenoxy) is 3. The molecule has 33 heavy (non-hydrogen) atoms. The predicted molar refractivity (Wildman–Crippen MR) is 122 cm³/mol. The van der Waals surface area contributed by atoms with Gasteiger partial charge in [0.15, 0.2) is 5.75 Å². The second-order valence-electron chi connectivity index (χ2n) is 7.16. The highest BCUT2D eigenvalue weighted by Crippen LogP contribution is 2.44. The molecule has 1 aliphatic heterocycles. The van der Waals surface area contributed by atoms with E-state index < -0.39 is 11.9 Å². The molecule has 1 atom stereocenters. The maximum atomic E-state index is 12.7. The average Bonchev–Trinajstić information content (AvgIpc) is 3.20. The molecule has 0 aliphatic carbocycles. The Morgan fingerprint density at radius 2 is 1.91 bits per heavy atom. The Bertz CT molecular complexity index is 1300. The topological polar surface area (TPSA) is 108 Å². The second-order valence-corrected chi connectivity index (χ2v) is 7.98. The van der Waals surface area contributed by atoms with Crippen LogP contribution in [-0.4, -0.2) is 12.6 Å². The third-order valence-electron chi connectivity index (χ3n) is 4.97. The largest absolute Gasteiger partial charge is 0.491 e. The lowest BCUT2D eigenvalue weighted by Crippen LogP contribution is -2.21. The third kappa shape index (κ3) is 4.36. The number of hydrogen-bond acceptors (Lipinski definition) is 7. The second kappa shape index (κ2) is 9.10. The van der Waals surface area contributed by atoms with Gasteiger partial charge in [0.25, 0.3) is 0 Å². The molecule has 0 fully saturated rings. The molecule has 1 aromatic heterocycles. The van der Waals surface area contributed by atoms with Gasteiger partial charge < -0.3 is 24.4 Å². The van der Waals surface area contributed by atoms with Gasteiger partial charge in [-0.15, -0.1) is 0 Å². The van der Waals surface area contributed by atoms with Gasteiger partial charge in [-0.05, 0) is 44.2 Å². The van der Waals surface area contributed by atoms with E-state index in [1.807, 2.05) is 6.92 Å². The maximum absolute atomic E-state index is 12.7. The molecule has 3 aromatic rings. The van der Waals surface area contributed by atoms with Crippen LogP contribution in [0.2, 0.25) is 10.0 Å². The number of benzene rings is 2. The summed E-state index contributed by atoms with van der Waals surface area (Å²) in [6, 6.07) is 13.3. The summed E-state index contributed by atoms with van der Waals surface area (Å²) in [6.07, 6.45) is 0. The van der Waals surface area contributed by atoms with Crippen molar-refractivity contribution in [2.24, 2.45) is 5.73 Å². The summed E-state index contributed by atoms with van der Waals surface area (Å²) in [7, 11) is 0. The lowest BCUT2D eigenvalue weighted by molar-refractivity contribution is 0.0734. The van der Waals surface area contributed by atoms with Crippen molar-refractivity contribution in [2.75, 3.05) is 6.61 Å². The van der Waals surface area contributed by atoms with E-state index in [1.54, 1.807) is 31.2 Å². The van der Waals surface area contributed by atoms with Gasteiger partial charge in [-0.25, -0.2) is 4.79 Å². The number of furan rings is 1. The van der Waals surface area contributed by atoms with Crippen molar-refractivity contribution in [2.45, 2.75) is 19.8 Å². The zero-order valence-electron chi connectivity index (χ0n) is 17.6. The van der Waals surface area contributed by atoms with E-state index in [4.69, 9.17) is 47.6 Å². The fraction of sp³-hybridized carbons (Fsp3) is 0.167. The number of rotatable bonds is 5. The van der Waals surface area contributed by atoms with Crippen LogP contribution in [0, 0.1) is 18.3 Å². The minimum absolute atomic E-state index is 0.0439. The molecule has 2 aromatic carbocycles. The van der Waals surface area contributed by atoms with Crippen LogP contribution in [-0.2, 0) is 0 Å². The molecule has 2 heterocycles. The number of carbonyl (C=O) groups is 1. The molecular formula is C24H18Cl2N2O5. The monoisotopic (exact) mass is 484 g/mol. The number of fused-ring (bicyclic) bond motifs is 1. The summed E-state index contributed by atoms with van der Waals surface area (Å²) >= 11 is 12.4. The van der Waals surface area contributed by atoms with Crippen LogP contribution in [0.15, 0.2) is 58.3 Å². The van der Waals surface area contributed by atoms with Gasteiger partial charge in [-0.1, -0.05) is 29.3 Å². The first kappa shape index (κ1) is 22.6. The first-order chi connectivity index (χ1) is 15.8. The van der Waals surface area contributed by atoms with Crippen molar-refractivity contribution < 1.29 is 23.4 Å². The van der Waals surface area contributed by atoms with Gasteiger partial charge in [0.1, 0.15) is 34.7 Å². The van der Waals surface area contributed by atoms with Crippen LogP contribution in [0.5, 0.6) is 17.2 Å². The van der Waals surface area contributed by atoms with Gasteiger partial charge in [-0.2, -0.15) is 5.26 Å². The highest BCUT2D eigenvalue weighted by molar-refractivity contribution is 6.37. The smallest absolute Gasteiger partial charge is 0.343 e. The van der Waals surface area contributed by atoms with E-state index in [0.717, 1.165) is 0 Å². The summed E-state index contributed by atoms with van der Waals surface area (Å²) < 4.78 is 22.3. The number of esters is 1. The minimum Gasteiger partial charge on any atom is -0.491 e. The minimum atomic E-state index is -0.669. The maximum Gasteiger partial charge on any atom is 0.343 e. The summed E-state index contributed by atoms with van der Waals surface area (Å²) in [6.45, 7) is 3.99. The SMILES string of the molecule is CCOc1c(Cl)cc(C(=O)Oc2ccc3c(c2)OC(N)=C(C#N)C3c2ccc(C)o2)cc1Cl. The zero-order chi connectivity index (χ0) is 23.7. The van der Waals surface area contributed by atoms with Gasteiger partial charge >= 0.3 is 5.97 Å². The quantitative estimate of drug-likeness (QED) is 0.363. The highest BCUT2D eigenvalue weighted by Gasteiger charge is 2.33. The fourth-order valence-electron chi connectivity index (χ4n) is 3.53. The molecule has 9 heteroatoms. The Labute approximate surface area is 199 Å². The Morgan fingerprint density at radius 1 is 1.18 bits per heavy atom. The number of hydrogen-bond donors (Lipinski definition) is 1. The van der Waals surface area contributed by atoms with Crippen LogP contribution in [0.4, 0.5) is 0 Å². The van der Waals surface area contributed by atoms with Crippen molar-refractivity contribution in [1.82, 2.24) is 0 Å². The number of aryl methyl sites for hydroxylation is 1. The summed E-state index contributed by atoms with van der Waals surface area (Å²) in [5.41, 5.74) is 7.04. The van der Waals surface area contributed by atoms with Crippen LogP contribution in [0.1, 0.15) is 40.3 Å². The van der Waals surface area contributed by atoms with E-state index in [0.29, 0.717) is 35.2 Å². The number of nitrogens with zero attached hydrogens (tertiary/aromatic N) is 1. The Balaban J connectivity index is 1.64. The van der Waals surface area contributed by atoms with Gasteiger partial charge in [-0.3, -0.25) is 0 Å². The lowest BCUT2D eigenvalue weighted by atomic mass is 9.87. The van der Waals surface area contributed by atoms with E-state index >= 15 is 0 Å². The number of allylic oxidation sites excluding steroid dienone is 1. The van der Waals surface area contributed by atoms with E-state index in [9.17, 15) is 10.1 Å². The molecule has 0 spiro atoms. The molecule has 2 N–H and O–H groups in total. The molecule has 4 rings (SSSR count). The van der Waals surface area contributed by atoms with Crippen LogP contribution in [0.3, 0.4) is 0 Å². The van der Waals surface area contributed by atoms with Gasteiger partial charge in [0.2, 0.25) is 5.88 Å². The van der Waals surface area contributed by atoms with Crippen molar-refractivity contribution in [3.05, 3.63) is 86.6 Å². The van der Waals surface area contributed by atoms with Crippen LogP contribution < -0.4 is 19.9 Å². The lowest BCUT2D eigenvalue weighted by Gasteiger charge is -2.25. The molecule has 1 unspecified atom stereocenters. The van der Waals surface area contributed by atoms with Crippen molar-refractivity contribution in [3.63, 3.8) is 0 Å². The standard InChI is InChI=1S/C24H18Cl2N2O5/c1-3-30-22-17(25)8-13(9-18(22)26)24(29)32-14-5-6-15-20(10-14)33-23(28)16(11-27)21(15)19-7-4-12(2)31-19/h4-10,21H,3,28H2,1-2H3. The van der Waals surface area contributed by atoms with Gasteiger partial charge in [0.05, 0.1) is 28.1 Å². The van der Waals surface area contributed by atoms with E-state index in [2.05, 4.69) is 6.07 Å². The van der Waals surface area contributed by atoms with Crippen molar-refractivity contribution >= 4 is 29.2 Å². The van der Waals surface area contributed by atoms with Crippen LogP contribution >= 0.6 is 23.2 Å². The molecular weight excluding hydrogens is 467 g/mol. The molecule has 0 saturated heterocycles. The van der Waals surface area contributed by atoms with E-state index in [-0.39, 0.29) is 32.8 Å². The number of carbonyl (C=O) groups excluding carboxylic acids is 1. The Morgan fingerprint density at radius 3 is 2.52 bits per heavy atom. The van der Waals surface area contributed by atoms with Gasteiger partial charge in [0, 0.05) is 11.6 Å². The Kier molecular flexibility index (Phi) is 6.23. The zero-order valence-corrected chi connectivity index (χ0v) is 19.2. The summed E-state index contributed by atoms with van der Waals surface area (Å²) in [5, 5.41) is 10.0. The number of nitriles is 1. The molecule has 0 bridgehead atoms. The molecule has 0 radical (unpaired) electrons. The summed E-state index contributed by atoms with van der Waals surface area (Å²) in [4.78, 5) is 12.7. The average molecular weight is 485 g/mol. The number of nitrogens with two attached hydrogens (primary N) is 1. The van der Waals surface area contributed by atoms with Crippen molar-refractivity contribution in [1.29, 1.82) is 5.26 Å². The van der Waals surface area contributed by atoms with Crippen LogP contribution in [0.25, 0.3) is 0 Å². The fourth-order valence-corrected chi connectivity index (χ4v) is 4.12. The normalized spacial score (nSPS) is 14.8. The molecule has 0 saturated carbocycles. The molecule has 0 amide bonds. The number of halogens is 2. The Hall–Kier alpha value is -3.60. The van der Waals surface area contributed by atoms with Crippen molar-refractivity contribution in [3.8, 4) is 23.3 Å². The first-order valence-electron chi connectivity index (χ1n) is 9.94. The third-order valence-corrected chi connectivity index (χ3v) is 5.53. The highest BCUT2D eigenvalue weighted by atomic mass is 35.5. The summed E-state index contributed by atoms with van der Waals surface area (Å²) in [5.74, 6) is 0.859. The molecule has 7 nitrogen and oxygen atoms in total. The first-order valence-corrected chi connectivity index (χ1v) is 10.7. The molecule has 168 valence electrons. The molecule has 1 aliphatic rings. The predicted octanol–water partition coefficient (Wildman–Crippen LogP) is 5.73.